The van der Waals surface area contributed by atoms with Crippen LogP contribution in [0.25, 0.3) is 5.70 Å². The van der Waals surface area contributed by atoms with Crippen LogP contribution < -0.4 is 19.9 Å². The van der Waals surface area contributed by atoms with Crippen molar-refractivity contribution >= 4 is 5.70 Å². The molecule has 0 saturated heterocycles. The summed E-state index contributed by atoms with van der Waals surface area (Å²) in [5, 5.41) is 8.56. The number of rotatable bonds is 4. The molecule has 0 spiro atoms. The predicted molar refractivity (Wildman–Crippen MR) is 63.9 cm³/mol. The molecule has 0 saturated carbocycles. The van der Waals surface area contributed by atoms with Gasteiger partial charge in [-0.15, -0.1) is 0 Å². The van der Waals surface area contributed by atoms with Crippen LogP contribution in [0.4, 0.5) is 0 Å². The van der Waals surface area contributed by atoms with E-state index in [0.717, 1.165) is 0 Å². The van der Waals surface area contributed by atoms with Gasteiger partial charge in [0.25, 0.3) is 0 Å². The van der Waals surface area contributed by atoms with E-state index in [2.05, 4.69) is 0 Å². The van der Waals surface area contributed by atoms with Gasteiger partial charge >= 0.3 is 0 Å². The van der Waals surface area contributed by atoms with E-state index in [9.17, 15) is 0 Å². The van der Waals surface area contributed by atoms with Gasteiger partial charge in [-0.05, 0) is 12.1 Å². The second-order valence-corrected chi connectivity index (χ2v) is 3.14. The van der Waals surface area contributed by atoms with Crippen molar-refractivity contribution in [1.29, 1.82) is 5.26 Å². The molecule has 0 radical (unpaired) electrons. The Hall–Kier alpha value is -2.35. The third-order valence-corrected chi connectivity index (χ3v) is 2.22. The number of allylic oxidation sites excluding steroid dienone is 1. The summed E-state index contributed by atoms with van der Waals surface area (Å²) < 4.78 is 15.5. The Balaban J connectivity index is 3.38. The number of methoxy groups -OCH3 is 3. The summed E-state index contributed by atoms with van der Waals surface area (Å²) >= 11 is 0. The van der Waals surface area contributed by atoms with Gasteiger partial charge in [0.2, 0.25) is 5.75 Å². The van der Waals surface area contributed by atoms with Crippen LogP contribution in [0, 0.1) is 11.3 Å². The van der Waals surface area contributed by atoms with Crippen LogP contribution in [0.3, 0.4) is 0 Å². The van der Waals surface area contributed by atoms with Gasteiger partial charge < -0.3 is 19.9 Å². The fraction of sp³-hybridized carbons (Fsp3) is 0.250. The van der Waals surface area contributed by atoms with Gasteiger partial charge in [-0.3, -0.25) is 0 Å². The molecule has 1 rings (SSSR count). The van der Waals surface area contributed by atoms with E-state index in [0.29, 0.717) is 28.5 Å². The molecule has 0 bridgehead atoms. The third kappa shape index (κ3) is 2.61. The zero-order valence-corrected chi connectivity index (χ0v) is 9.98. The molecule has 0 aromatic heterocycles. The van der Waals surface area contributed by atoms with Crippen molar-refractivity contribution in [2.75, 3.05) is 21.3 Å². The maximum Gasteiger partial charge on any atom is 0.203 e. The summed E-state index contributed by atoms with van der Waals surface area (Å²) in [5.41, 5.74) is 6.71. The molecule has 0 aliphatic carbocycles. The number of nitriles is 1. The normalized spacial score (nSPS) is 10.6. The first-order valence-electron chi connectivity index (χ1n) is 4.83. The van der Waals surface area contributed by atoms with E-state index in [4.69, 9.17) is 25.2 Å². The average molecular weight is 234 g/mol. The number of nitrogens with two attached hydrogens (primary N) is 1. The lowest BCUT2D eigenvalue weighted by molar-refractivity contribution is 0.324. The Kier molecular flexibility index (Phi) is 4.23. The van der Waals surface area contributed by atoms with Crippen LogP contribution in [0.5, 0.6) is 17.2 Å². The summed E-state index contributed by atoms with van der Waals surface area (Å²) in [6, 6.07) is 5.24. The van der Waals surface area contributed by atoms with Gasteiger partial charge in [0.15, 0.2) is 11.5 Å². The highest BCUT2D eigenvalue weighted by Crippen LogP contribution is 2.39. The first-order chi connectivity index (χ1) is 8.17. The summed E-state index contributed by atoms with van der Waals surface area (Å²) in [4.78, 5) is 0. The van der Waals surface area contributed by atoms with Gasteiger partial charge in [-0.1, -0.05) is 0 Å². The van der Waals surface area contributed by atoms with Crippen molar-refractivity contribution < 1.29 is 14.2 Å². The van der Waals surface area contributed by atoms with E-state index >= 15 is 0 Å². The summed E-state index contributed by atoms with van der Waals surface area (Å²) in [6.45, 7) is 0. The monoisotopic (exact) mass is 234 g/mol. The lowest BCUT2D eigenvalue weighted by atomic mass is 10.1. The number of hydrogen-bond donors (Lipinski definition) is 1. The Morgan fingerprint density at radius 1 is 1.18 bits per heavy atom. The number of nitrogens with zero attached hydrogens (tertiary/aromatic N) is 1. The van der Waals surface area contributed by atoms with Crippen LogP contribution in [0.2, 0.25) is 0 Å². The molecule has 0 unspecified atom stereocenters. The topological polar surface area (TPSA) is 77.5 Å². The minimum atomic E-state index is 0.340. The molecule has 0 amide bonds. The Bertz CT molecular complexity index is 450. The first kappa shape index (κ1) is 12.7. The van der Waals surface area contributed by atoms with Gasteiger partial charge in [0.1, 0.15) is 0 Å². The molecule has 5 nitrogen and oxygen atoms in total. The van der Waals surface area contributed by atoms with E-state index in [-0.39, 0.29) is 0 Å². The largest absolute Gasteiger partial charge is 0.493 e. The fourth-order valence-corrected chi connectivity index (χ4v) is 1.40. The molecule has 17 heavy (non-hydrogen) atoms. The van der Waals surface area contributed by atoms with Gasteiger partial charge in [0, 0.05) is 17.3 Å². The van der Waals surface area contributed by atoms with Crippen LogP contribution in [0.1, 0.15) is 5.56 Å². The van der Waals surface area contributed by atoms with Gasteiger partial charge in [-0.25, -0.2) is 0 Å². The zero-order valence-electron chi connectivity index (χ0n) is 9.98. The molecular formula is C12H14N2O3. The van der Waals surface area contributed by atoms with Crippen LogP contribution >= 0.6 is 0 Å². The maximum absolute atomic E-state index is 8.56. The second-order valence-electron chi connectivity index (χ2n) is 3.14. The van der Waals surface area contributed by atoms with E-state index in [1.807, 2.05) is 6.07 Å². The zero-order chi connectivity index (χ0) is 12.8. The lowest BCUT2D eigenvalue weighted by Gasteiger charge is -2.13. The third-order valence-electron chi connectivity index (χ3n) is 2.22. The Morgan fingerprint density at radius 3 is 2.06 bits per heavy atom. The molecule has 5 heteroatoms. The molecule has 0 heterocycles. The molecule has 0 atom stereocenters. The Morgan fingerprint density at radius 2 is 1.71 bits per heavy atom. The van der Waals surface area contributed by atoms with Crippen LogP contribution in [-0.2, 0) is 0 Å². The van der Waals surface area contributed by atoms with Crippen LogP contribution in [-0.4, -0.2) is 21.3 Å². The summed E-state index contributed by atoms with van der Waals surface area (Å²) in [5.74, 6) is 1.48. The molecule has 0 aliphatic rings. The number of hydrogen-bond acceptors (Lipinski definition) is 5. The minimum absolute atomic E-state index is 0.340. The highest BCUT2D eigenvalue weighted by Gasteiger charge is 2.13. The summed E-state index contributed by atoms with van der Waals surface area (Å²) in [7, 11) is 4.56. The highest BCUT2D eigenvalue weighted by atomic mass is 16.5. The lowest BCUT2D eigenvalue weighted by Crippen LogP contribution is -2.00. The Labute approximate surface area is 100 Å². The second kappa shape index (κ2) is 5.66. The van der Waals surface area contributed by atoms with Gasteiger partial charge in [-0.2, -0.15) is 5.26 Å². The molecule has 90 valence electrons. The minimum Gasteiger partial charge on any atom is -0.493 e. The molecule has 1 aromatic rings. The van der Waals surface area contributed by atoms with Crippen molar-refractivity contribution in [3.8, 4) is 23.3 Å². The van der Waals surface area contributed by atoms with Crippen molar-refractivity contribution in [2.45, 2.75) is 0 Å². The van der Waals surface area contributed by atoms with Crippen LogP contribution in [0.15, 0.2) is 18.2 Å². The number of benzene rings is 1. The van der Waals surface area contributed by atoms with Crippen molar-refractivity contribution in [1.82, 2.24) is 0 Å². The SMILES string of the molecule is COc1cc(C(N)=CC#N)cc(OC)c1OC. The molecule has 2 N–H and O–H groups in total. The molecule has 0 fully saturated rings. The standard InChI is InChI=1S/C12H14N2O3/c1-15-10-6-8(9(14)4-5-13)7-11(16-2)12(10)17-3/h4,6-7H,14H2,1-3H3. The molecule has 1 aromatic carbocycles. The van der Waals surface area contributed by atoms with Crippen molar-refractivity contribution in [2.24, 2.45) is 5.73 Å². The van der Waals surface area contributed by atoms with E-state index in [1.54, 1.807) is 12.1 Å². The fourth-order valence-electron chi connectivity index (χ4n) is 1.40. The van der Waals surface area contributed by atoms with E-state index in [1.165, 1.54) is 27.4 Å². The highest BCUT2D eigenvalue weighted by molar-refractivity contribution is 5.70. The average Bonchev–Trinajstić information content (AvgIpc) is 2.37. The molecular weight excluding hydrogens is 220 g/mol. The smallest absolute Gasteiger partial charge is 0.203 e. The van der Waals surface area contributed by atoms with Crippen molar-refractivity contribution in [3.63, 3.8) is 0 Å². The first-order valence-corrected chi connectivity index (χ1v) is 4.83. The quantitative estimate of drug-likeness (QED) is 0.799. The number of ether oxygens (including phenoxy) is 3. The van der Waals surface area contributed by atoms with E-state index < -0.39 is 0 Å². The van der Waals surface area contributed by atoms with Crippen molar-refractivity contribution in [3.05, 3.63) is 23.8 Å². The molecule has 0 aliphatic heterocycles. The predicted octanol–water partition coefficient (Wildman–Crippen LogP) is 1.54. The maximum atomic E-state index is 8.56. The van der Waals surface area contributed by atoms with Gasteiger partial charge in [0.05, 0.1) is 27.4 Å². The summed E-state index contributed by atoms with van der Waals surface area (Å²) in [6.07, 6.45) is 1.25.